The maximum Gasteiger partial charge on any atom is 0.142 e. The van der Waals surface area contributed by atoms with Crippen LogP contribution in [0.15, 0.2) is 18.2 Å². The summed E-state index contributed by atoms with van der Waals surface area (Å²) in [5, 5.41) is 3.28. The van der Waals surface area contributed by atoms with Crippen LogP contribution < -0.4 is 10.1 Å². The Balaban J connectivity index is 0.000000442. The van der Waals surface area contributed by atoms with Gasteiger partial charge in [0, 0.05) is 6.54 Å². The number of ether oxygens (including phenoxy) is 1. The minimum absolute atomic E-state index is 0.774. The van der Waals surface area contributed by atoms with Crippen LogP contribution >= 0.6 is 0 Å². The Morgan fingerprint density at radius 2 is 1.80 bits per heavy atom. The second-order valence-corrected chi connectivity index (χ2v) is 2.77. The van der Waals surface area contributed by atoms with Crippen LogP contribution in [-0.2, 0) is 0 Å². The van der Waals surface area contributed by atoms with Gasteiger partial charge in [0.15, 0.2) is 0 Å². The van der Waals surface area contributed by atoms with Crippen molar-refractivity contribution >= 4 is 5.69 Å². The Labute approximate surface area is 93.7 Å². The largest absolute Gasteiger partial charge is 0.490 e. The van der Waals surface area contributed by atoms with E-state index in [9.17, 15) is 0 Å². The Morgan fingerprint density at radius 3 is 2.47 bits per heavy atom. The van der Waals surface area contributed by atoms with Gasteiger partial charge in [-0.15, -0.1) is 0 Å². The van der Waals surface area contributed by atoms with Gasteiger partial charge in [0.25, 0.3) is 0 Å². The van der Waals surface area contributed by atoms with Gasteiger partial charge in [-0.05, 0) is 24.6 Å². The summed E-state index contributed by atoms with van der Waals surface area (Å²) in [6.07, 6.45) is 0. The molecule has 0 fully saturated rings. The van der Waals surface area contributed by atoms with Crippen molar-refractivity contribution < 1.29 is 4.74 Å². The maximum atomic E-state index is 5.42. The molecular weight excluding hydrogens is 186 g/mol. The van der Waals surface area contributed by atoms with E-state index >= 15 is 0 Å². The van der Waals surface area contributed by atoms with Crippen molar-refractivity contribution in [2.24, 2.45) is 0 Å². The molecule has 1 N–H and O–H groups in total. The average molecular weight is 209 g/mol. The molecule has 0 atom stereocenters. The second-order valence-electron chi connectivity index (χ2n) is 2.77. The smallest absolute Gasteiger partial charge is 0.142 e. The van der Waals surface area contributed by atoms with E-state index in [-0.39, 0.29) is 0 Å². The van der Waals surface area contributed by atoms with Crippen molar-refractivity contribution in [3.63, 3.8) is 0 Å². The number of rotatable bonds is 0. The monoisotopic (exact) mass is 209 g/mol. The van der Waals surface area contributed by atoms with Crippen LogP contribution in [-0.4, -0.2) is 13.2 Å². The van der Waals surface area contributed by atoms with E-state index in [1.165, 1.54) is 5.56 Å². The maximum absolute atomic E-state index is 5.42. The molecular formula is C13H23NO. The summed E-state index contributed by atoms with van der Waals surface area (Å²) in [7, 11) is 0. The van der Waals surface area contributed by atoms with Gasteiger partial charge in [-0.3, -0.25) is 0 Å². The zero-order valence-electron chi connectivity index (χ0n) is 10.6. The van der Waals surface area contributed by atoms with E-state index in [4.69, 9.17) is 4.74 Å². The van der Waals surface area contributed by atoms with Gasteiger partial charge < -0.3 is 10.1 Å². The summed E-state index contributed by atoms with van der Waals surface area (Å²) in [5.74, 6) is 0.974. The Kier molecular flexibility index (Phi) is 7.51. The van der Waals surface area contributed by atoms with E-state index in [1.54, 1.807) is 0 Å². The lowest BCUT2D eigenvalue weighted by atomic mass is 10.2. The molecule has 0 amide bonds. The predicted octanol–water partition coefficient (Wildman–Crippen LogP) is 3.85. The summed E-state index contributed by atoms with van der Waals surface area (Å²) < 4.78 is 5.42. The first-order valence-electron chi connectivity index (χ1n) is 5.83. The molecule has 0 aromatic heterocycles. The quantitative estimate of drug-likeness (QED) is 0.700. The number of fused-ring (bicyclic) bond motifs is 1. The highest BCUT2D eigenvalue weighted by Gasteiger charge is 2.07. The minimum atomic E-state index is 0.774. The third kappa shape index (κ3) is 4.24. The van der Waals surface area contributed by atoms with Crippen LogP contribution in [0.5, 0.6) is 5.75 Å². The Morgan fingerprint density at radius 1 is 1.13 bits per heavy atom. The Bertz CT molecular complexity index is 271. The number of aryl methyl sites for hydroxylation is 1. The topological polar surface area (TPSA) is 21.3 Å². The molecule has 0 bridgehead atoms. The predicted molar refractivity (Wildman–Crippen MR) is 67.9 cm³/mol. The van der Waals surface area contributed by atoms with Gasteiger partial charge in [0.05, 0.1) is 5.69 Å². The van der Waals surface area contributed by atoms with Crippen molar-refractivity contribution in [3.05, 3.63) is 23.8 Å². The fourth-order valence-electron chi connectivity index (χ4n) is 1.25. The number of nitrogens with one attached hydrogen (secondary N) is 1. The van der Waals surface area contributed by atoms with Gasteiger partial charge in [0.1, 0.15) is 12.4 Å². The van der Waals surface area contributed by atoms with Gasteiger partial charge >= 0.3 is 0 Å². The lowest BCUT2D eigenvalue weighted by Crippen LogP contribution is -2.17. The molecule has 2 nitrogen and oxygen atoms in total. The summed E-state index contributed by atoms with van der Waals surface area (Å²) in [5.41, 5.74) is 2.39. The highest BCUT2D eigenvalue weighted by atomic mass is 16.5. The van der Waals surface area contributed by atoms with E-state index in [1.807, 2.05) is 33.8 Å². The normalized spacial score (nSPS) is 11.5. The van der Waals surface area contributed by atoms with Crippen molar-refractivity contribution in [1.29, 1.82) is 0 Å². The standard InChI is InChI=1S/C9H11NO.2C2H6/c1-7-2-3-9-8(6-7)10-4-5-11-9;2*1-2/h2-3,6,10H,4-5H2,1H3;2*1-2H3. The molecule has 0 unspecified atom stereocenters. The minimum Gasteiger partial charge on any atom is -0.490 e. The first-order chi connectivity index (χ1) is 7.36. The molecule has 2 heteroatoms. The van der Waals surface area contributed by atoms with Crippen molar-refractivity contribution in [3.8, 4) is 5.75 Å². The zero-order valence-corrected chi connectivity index (χ0v) is 10.6. The van der Waals surface area contributed by atoms with Crippen molar-refractivity contribution in [2.45, 2.75) is 34.6 Å². The third-order valence-corrected chi connectivity index (χ3v) is 1.81. The number of benzene rings is 1. The van der Waals surface area contributed by atoms with Crippen LogP contribution in [0.3, 0.4) is 0 Å². The molecule has 86 valence electrons. The molecule has 1 aliphatic rings. The molecule has 0 radical (unpaired) electrons. The van der Waals surface area contributed by atoms with Crippen molar-refractivity contribution in [2.75, 3.05) is 18.5 Å². The van der Waals surface area contributed by atoms with E-state index in [0.29, 0.717) is 0 Å². The van der Waals surface area contributed by atoms with E-state index in [0.717, 1.165) is 24.6 Å². The first kappa shape index (κ1) is 13.8. The molecule has 0 saturated heterocycles. The highest BCUT2D eigenvalue weighted by Crippen LogP contribution is 2.27. The van der Waals surface area contributed by atoms with Gasteiger partial charge in [-0.2, -0.15) is 0 Å². The molecule has 1 aromatic carbocycles. The number of anilines is 1. The molecule has 15 heavy (non-hydrogen) atoms. The molecule has 1 aromatic rings. The molecule has 2 rings (SSSR count). The average Bonchev–Trinajstić information content (AvgIpc) is 2.34. The summed E-state index contributed by atoms with van der Waals surface area (Å²) >= 11 is 0. The number of hydrogen-bond acceptors (Lipinski definition) is 2. The summed E-state index contributed by atoms with van der Waals surface area (Å²) in [4.78, 5) is 0. The zero-order chi connectivity index (χ0) is 11.7. The summed E-state index contributed by atoms with van der Waals surface area (Å²) in [6, 6.07) is 6.18. The second kappa shape index (κ2) is 8.16. The third-order valence-electron chi connectivity index (χ3n) is 1.81. The van der Waals surface area contributed by atoms with E-state index in [2.05, 4.69) is 24.4 Å². The fourth-order valence-corrected chi connectivity index (χ4v) is 1.25. The lowest BCUT2D eigenvalue weighted by Gasteiger charge is -2.18. The van der Waals surface area contributed by atoms with Gasteiger partial charge in [-0.1, -0.05) is 33.8 Å². The highest BCUT2D eigenvalue weighted by molar-refractivity contribution is 5.59. The van der Waals surface area contributed by atoms with E-state index < -0.39 is 0 Å². The van der Waals surface area contributed by atoms with Gasteiger partial charge in [-0.25, -0.2) is 0 Å². The van der Waals surface area contributed by atoms with Crippen molar-refractivity contribution in [1.82, 2.24) is 0 Å². The molecule has 1 aliphatic heterocycles. The van der Waals surface area contributed by atoms with Crippen LogP contribution in [0.4, 0.5) is 5.69 Å². The molecule has 0 spiro atoms. The van der Waals surface area contributed by atoms with Crippen LogP contribution in [0.2, 0.25) is 0 Å². The van der Waals surface area contributed by atoms with Gasteiger partial charge in [0.2, 0.25) is 0 Å². The first-order valence-corrected chi connectivity index (χ1v) is 5.83. The van der Waals surface area contributed by atoms with Crippen LogP contribution in [0, 0.1) is 6.92 Å². The van der Waals surface area contributed by atoms with Crippen LogP contribution in [0.1, 0.15) is 33.3 Å². The molecule has 0 saturated carbocycles. The van der Waals surface area contributed by atoms with Crippen LogP contribution in [0.25, 0.3) is 0 Å². The fraction of sp³-hybridized carbons (Fsp3) is 0.538. The SMILES string of the molecule is CC.CC.Cc1ccc2c(c1)NCCO2. The lowest BCUT2D eigenvalue weighted by molar-refractivity contribution is 0.323. The molecule has 1 heterocycles. The molecule has 0 aliphatic carbocycles. The summed E-state index contributed by atoms with van der Waals surface area (Å²) in [6.45, 7) is 11.8. The number of hydrogen-bond donors (Lipinski definition) is 1. The Hall–Kier alpha value is -1.18.